The fraction of sp³-hybridized carbons (Fsp3) is 0.174. The molecule has 0 saturated heterocycles. The Bertz CT molecular complexity index is 1440. The van der Waals surface area contributed by atoms with Gasteiger partial charge in [0.25, 0.3) is 5.91 Å². The van der Waals surface area contributed by atoms with Gasteiger partial charge < -0.3 is 4.74 Å². The van der Waals surface area contributed by atoms with Crippen molar-refractivity contribution in [3.63, 3.8) is 0 Å². The van der Waals surface area contributed by atoms with Gasteiger partial charge in [-0.2, -0.15) is 5.10 Å². The predicted molar refractivity (Wildman–Crippen MR) is 123 cm³/mol. The highest BCUT2D eigenvalue weighted by Crippen LogP contribution is 2.33. The van der Waals surface area contributed by atoms with E-state index in [0.717, 1.165) is 34.2 Å². The van der Waals surface area contributed by atoms with Crippen LogP contribution in [0.4, 0.5) is 0 Å². The van der Waals surface area contributed by atoms with Crippen LogP contribution in [0.2, 0.25) is 0 Å². The van der Waals surface area contributed by atoms with E-state index in [2.05, 4.69) is 10.1 Å². The topological polar surface area (TPSA) is 103 Å². The van der Waals surface area contributed by atoms with Crippen LogP contribution in [0.25, 0.3) is 27.8 Å². The molecule has 2 aromatic carbocycles. The minimum atomic E-state index is -3.75. The second kappa shape index (κ2) is 8.08. The summed E-state index contributed by atoms with van der Waals surface area (Å²) in [6.07, 6.45) is 0.926. The number of hydrogen-bond donors (Lipinski definition) is 1. The molecule has 0 saturated carbocycles. The zero-order valence-electron chi connectivity index (χ0n) is 18.1. The largest absolute Gasteiger partial charge is 0.497 e. The minimum absolute atomic E-state index is 0.0254. The molecule has 0 fully saturated rings. The van der Waals surface area contributed by atoms with Gasteiger partial charge in [-0.1, -0.05) is 24.3 Å². The Balaban J connectivity index is 2.01. The van der Waals surface area contributed by atoms with Gasteiger partial charge in [0.2, 0.25) is 10.0 Å². The highest BCUT2D eigenvalue weighted by molar-refractivity contribution is 7.89. The molecule has 8 nitrogen and oxygen atoms in total. The molecule has 0 bridgehead atoms. The third-order valence-electron chi connectivity index (χ3n) is 4.97. The van der Waals surface area contributed by atoms with E-state index >= 15 is 0 Å². The molecule has 1 amide bonds. The number of amides is 1. The molecule has 0 unspecified atom stereocenters. The number of methoxy groups -OCH3 is 1. The summed E-state index contributed by atoms with van der Waals surface area (Å²) in [6.45, 7) is 3.85. The Kier molecular flexibility index (Phi) is 5.43. The van der Waals surface area contributed by atoms with Crippen LogP contribution in [0.3, 0.4) is 0 Å². The van der Waals surface area contributed by atoms with Crippen molar-refractivity contribution >= 4 is 27.0 Å². The number of aryl methyl sites for hydroxylation is 2. The maximum Gasteiger partial charge on any atom is 0.283 e. The first-order valence-corrected chi connectivity index (χ1v) is 11.7. The number of carbonyl (C=O) groups is 1. The summed E-state index contributed by atoms with van der Waals surface area (Å²) < 4.78 is 32.2. The van der Waals surface area contributed by atoms with Crippen molar-refractivity contribution in [3.05, 3.63) is 71.5 Å². The Hall–Kier alpha value is -3.72. The Morgan fingerprint density at radius 2 is 1.78 bits per heavy atom. The molecule has 0 aliphatic heterocycles. The summed E-state index contributed by atoms with van der Waals surface area (Å²) in [5, 5.41) is 5.45. The number of hydrogen-bond acceptors (Lipinski definition) is 6. The fourth-order valence-corrected chi connectivity index (χ4v) is 4.01. The van der Waals surface area contributed by atoms with E-state index in [1.807, 2.05) is 67.1 Å². The predicted octanol–water partition coefficient (Wildman–Crippen LogP) is 3.40. The van der Waals surface area contributed by atoms with Gasteiger partial charge in [0.1, 0.15) is 11.4 Å². The molecule has 1 N–H and O–H groups in total. The summed E-state index contributed by atoms with van der Waals surface area (Å²) in [5.74, 6) is -0.111. The number of carbonyl (C=O) groups excluding carboxylic acids is 1. The molecule has 9 heteroatoms. The zero-order chi connectivity index (χ0) is 23.0. The monoisotopic (exact) mass is 450 g/mol. The lowest BCUT2D eigenvalue weighted by Crippen LogP contribution is -2.30. The number of pyridine rings is 1. The van der Waals surface area contributed by atoms with Crippen LogP contribution in [0.5, 0.6) is 5.75 Å². The van der Waals surface area contributed by atoms with Crippen molar-refractivity contribution in [2.45, 2.75) is 13.8 Å². The molecule has 0 atom stereocenters. The van der Waals surface area contributed by atoms with E-state index < -0.39 is 15.9 Å². The van der Waals surface area contributed by atoms with Gasteiger partial charge in [-0.3, -0.25) is 4.79 Å². The van der Waals surface area contributed by atoms with Crippen molar-refractivity contribution in [3.8, 4) is 22.6 Å². The van der Waals surface area contributed by atoms with Gasteiger partial charge in [0, 0.05) is 0 Å². The van der Waals surface area contributed by atoms with Gasteiger partial charge >= 0.3 is 0 Å². The van der Waals surface area contributed by atoms with Gasteiger partial charge in [-0.25, -0.2) is 22.8 Å². The van der Waals surface area contributed by atoms with E-state index in [9.17, 15) is 13.2 Å². The number of rotatable bonds is 5. The van der Waals surface area contributed by atoms with Crippen LogP contribution in [-0.4, -0.2) is 42.5 Å². The standard InChI is InChI=1S/C23H22N4O4S/c1-14-6-5-7-17(12-14)27-22-21(15(2)25-27)19(16-8-10-18(31-3)11-9-16)13-20(24-22)23(28)26-32(4,29)30/h5-13H,1-4H3,(H,26,28). The highest BCUT2D eigenvalue weighted by Gasteiger charge is 2.21. The third kappa shape index (κ3) is 4.19. The smallest absolute Gasteiger partial charge is 0.283 e. The normalized spacial score (nSPS) is 11.5. The van der Waals surface area contributed by atoms with E-state index in [0.29, 0.717) is 17.0 Å². The molecule has 0 radical (unpaired) electrons. The van der Waals surface area contributed by atoms with Gasteiger partial charge in [-0.05, 0) is 60.9 Å². The second-order valence-electron chi connectivity index (χ2n) is 7.52. The summed E-state index contributed by atoms with van der Waals surface area (Å²) in [4.78, 5) is 17.2. The molecule has 32 heavy (non-hydrogen) atoms. The molecule has 2 aromatic heterocycles. The number of ether oxygens (including phenoxy) is 1. The summed E-state index contributed by atoms with van der Waals surface area (Å²) in [6, 6.07) is 16.7. The number of aromatic nitrogens is 3. The Morgan fingerprint density at radius 3 is 2.41 bits per heavy atom. The molecule has 164 valence electrons. The molecule has 0 spiro atoms. The molecule has 2 heterocycles. The number of fused-ring (bicyclic) bond motifs is 1. The van der Waals surface area contributed by atoms with Crippen molar-refractivity contribution < 1.29 is 17.9 Å². The summed E-state index contributed by atoms with van der Waals surface area (Å²) >= 11 is 0. The van der Waals surface area contributed by atoms with Gasteiger partial charge in [-0.15, -0.1) is 0 Å². The van der Waals surface area contributed by atoms with Crippen molar-refractivity contribution in [1.29, 1.82) is 0 Å². The van der Waals surface area contributed by atoms with Gasteiger partial charge in [0.15, 0.2) is 5.65 Å². The fourth-order valence-electron chi connectivity index (χ4n) is 3.56. The average Bonchev–Trinajstić information content (AvgIpc) is 3.08. The van der Waals surface area contributed by atoms with Crippen molar-refractivity contribution in [1.82, 2.24) is 19.5 Å². The van der Waals surface area contributed by atoms with Crippen LogP contribution in [0, 0.1) is 13.8 Å². The van der Waals surface area contributed by atoms with E-state index in [4.69, 9.17) is 4.74 Å². The maximum absolute atomic E-state index is 12.7. The summed E-state index contributed by atoms with van der Waals surface area (Å²) in [7, 11) is -2.17. The third-order valence-corrected chi connectivity index (χ3v) is 5.53. The SMILES string of the molecule is COc1ccc(-c2cc(C(=O)NS(C)(=O)=O)nc3c2c(C)nn3-c2cccc(C)c2)cc1. The molecular formula is C23H22N4O4S. The van der Waals surface area contributed by atoms with Crippen LogP contribution in [0.1, 0.15) is 21.7 Å². The van der Waals surface area contributed by atoms with Crippen molar-refractivity contribution in [2.24, 2.45) is 0 Å². The molecule has 0 aliphatic rings. The molecular weight excluding hydrogens is 428 g/mol. The lowest BCUT2D eigenvalue weighted by atomic mass is 10.0. The lowest BCUT2D eigenvalue weighted by Gasteiger charge is -2.10. The van der Waals surface area contributed by atoms with Gasteiger partial charge in [0.05, 0.1) is 30.1 Å². The minimum Gasteiger partial charge on any atom is -0.497 e. The second-order valence-corrected chi connectivity index (χ2v) is 9.27. The van der Waals surface area contributed by atoms with Crippen LogP contribution in [0.15, 0.2) is 54.6 Å². The molecule has 0 aliphatic carbocycles. The highest BCUT2D eigenvalue weighted by atomic mass is 32.2. The first-order chi connectivity index (χ1) is 15.2. The van der Waals surface area contributed by atoms with E-state index in [1.165, 1.54) is 0 Å². The zero-order valence-corrected chi connectivity index (χ0v) is 18.9. The Morgan fingerprint density at radius 1 is 1.06 bits per heavy atom. The van der Waals surface area contributed by atoms with Crippen LogP contribution in [-0.2, 0) is 10.0 Å². The first kappa shape index (κ1) is 21.5. The number of nitrogens with zero attached hydrogens (tertiary/aromatic N) is 3. The first-order valence-electron chi connectivity index (χ1n) is 9.80. The van der Waals surface area contributed by atoms with E-state index in [-0.39, 0.29) is 5.69 Å². The quantitative estimate of drug-likeness (QED) is 0.500. The summed E-state index contributed by atoms with van der Waals surface area (Å²) in [5.41, 5.74) is 4.53. The van der Waals surface area contributed by atoms with Crippen molar-refractivity contribution in [2.75, 3.05) is 13.4 Å². The molecule has 4 aromatic rings. The number of sulfonamides is 1. The molecule has 4 rings (SSSR count). The van der Waals surface area contributed by atoms with E-state index in [1.54, 1.807) is 17.9 Å². The number of benzene rings is 2. The Labute approximate surface area is 185 Å². The number of nitrogens with one attached hydrogen (secondary N) is 1. The van der Waals surface area contributed by atoms with Crippen LogP contribution >= 0.6 is 0 Å². The maximum atomic E-state index is 12.7. The average molecular weight is 451 g/mol. The van der Waals surface area contributed by atoms with Crippen LogP contribution < -0.4 is 9.46 Å². The lowest BCUT2D eigenvalue weighted by molar-refractivity contribution is 0.0977.